The summed E-state index contributed by atoms with van der Waals surface area (Å²) < 4.78 is 1.50. The van der Waals surface area contributed by atoms with Gasteiger partial charge in [-0.2, -0.15) is 5.10 Å². The average Bonchev–Trinajstić information content (AvgIpc) is 2.67. The molecule has 0 bridgehead atoms. The molecule has 144 valence electrons. The van der Waals surface area contributed by atoms with E-state index in [4.69, 9.17) is 0 Å². The molecule has 8 nitrogen and oxygen atoms in total. The number of piperidine rings is 1. The van der Waals surface area contributed by atoms with Gasteiger partial charge in [0.2, 0.25) is 0 Å². The molecular weight excluding hydrogens is 344 g/mol. The zero-order valence-electron chi connectivity index (χ0n) is 16.1. The van der Waals surface area contributed by atoms with Crippen LogP contribution in [0.1, 0.15) is 55.3 Å². The molecule has 0 aliphatic carbocycles. The number of rotatable bonds is 5. The van der Waals surface area contributed by atoms with Gasteiger partial charge in [0.15, 0.2) is 0 Å². The van der Waals surface area contributed by atoms with Gasteiger partial charge in [0.25, 0.3) is 11.5 Å². The van der Waals surface area contributed by atoms with Crippen LogP contribution in [0.25, 0.3) is 0 Å². The summed E-state index contributed by atoms with van der Waals surface area (Å²) in [6, 6.07) is 3.47. The Hall–Kier alpha value is -2.77. The van der Waals surface area contributed by atoms with Gasteiger partial charge in [-0.05, 0) is 46.1 Å². The summed E-state index contributed by atoms with van der Waals surface area (Å²) >= 11 is 0. The highest BCUT2D eigenvalue weighted by atomic mass is 16.2. The first-order chi connectivity index (χ1) is 13.0. The van der Waals surface area contributed by atoms with Crippen LogP contribution in [0.4, 0.5) is 5.82 Å². The largest absolute Gasteiger partial charge is 0.350 e. The third-order valence-corrected chi connectivity index (χ3v) is 4.73. The summed E-state index contributed by atoms with van der Waals surface area (Å²) in [5.74, 6) is 0.547. The molecule has 1 N–H and O–H groups in total. The van der Waals surface area contributed by atoms with Crippen molar-refractivity contribution in [1.82, 2.24) is 25.1 Å². The van der Waals surface area contributed by atoms with Gasteiger partial charge in [0.1, 0.15) is 11.5 Å². The molecule has 0 saturated carbocycles. The molecular formula is C19H26N6O2. The first-order valence-electron chi connectivity index (χ1n) is 9.39. The Morgan fingerprint density at radius 1 is 1.26 bits per heavy atom. The summed E-state index contributed by atoms with van der Waals surface area (Å²) in [7, 11) is 0. The van der Waals surface area contributed by atoms with Gasteiger partial charge in [-0.15, -0.1) is 0 Å². The Morgan fingerprint density at radius 2 is 2.07 bits per heavy atom. The molecule has 27 heavy (non-hydrogen) atoms. The molecule has 1 atom stereocenters. The van der Waals surface area contributed by atoms with Crippen LogP contribution in [0.2, 0.25) is 0 Å². The third kappa shape index (κ3) is 4.50. The van der Waals surface area contributed by atoms with Crippen molar-refractivity contribution >= 4 is 11.7 Å². The fourth-order valence-electron chi connectivity index (χ4n) is 3.26. The van der Waals surface area contributed by atoms with E-state index in [2.05, 4.69) is 25.3 Å². The van der Waals surface area contributed by atoms with Crippen LogP contribution < -0.4 is 15.8 Å². The van der Waals surface area contributed by atoms with E-state index in [-0.39, 0.29) is 23.6 Å². The maximum atomic E-state index is 12.3. The van der Waals surface area contributed by atoms with E-state index >= 15 is 0 Å². The lowest BCUT2D eigenvalue weighted by Gasteiger charge is -2.36. The minimum atomic E-state index is -0.229. The van der Waals surface area contributed by atoms with Crippen LogP contribution in [0.5, 0.6) is 0 Å². The molecule has 1 amide bonds. The topological polar surface area (TPSA) is 93.0 Å². The van der Waals surface area contributed by atoms with Crippen molar-refractivity contribution in [3.8, 4) is 0 Å². The van der Waals surface area contributed by atoms with E-state index in [0.717, 1.165) is 37.3 Å². The Kier molecular flexibility index (Phi) is 5.83. The number of aromatic nitrogens is 4. The summed E-state index contributed by atoms with van der Waals surface area (Å²) in [5.41, 5.74) is 0.986. The molecule has 3 heterocycles. The average molecular weight is 370 g/mol. The number of hydrogen-bond donors (Lipinski definition) is 1. The van der Waals surface area contributed by atoms with E-state index in [0.29, 0.717) is 12.2 Å². The van der Waals surface area contributed by atoms with Crippen LogP contribution in [-0.2, 0) is 0 Å². The highest BCUT2D eigenvalue weighted by Gasteiger charge is 2.25. The maximum absolute atomic E-state index is 12.3. The zero-order valence-corrected chi connectivity index (χ0v) is 16.1. The standard InChI is InChI=1S/C19H26N6O2/c1-13(2)25-18(26)8-7-17(23-25)24-9-5-4-6-15(24)11-22-19(27)16-12-20-14(3)10-21-16/h7-8,10,12-13,15H,4-6,9,11H2,1-3H3,(H,22,27). The molecule has 1 fully saturated rings. The van der Waals surface area contributed by atoms with Gasteiger partial charge in [-0.1, -0.05) is 0 Å². The predicted octanol–water partition coefficient (Wildman–Crippen LogP) is 1.71. The van der Waals surface area contributed by atoms with E-state index in [1.54, 1.807) is 18.3 Å². The highest BCUT2D eigenvalue weighted by molar-refractivity contribution is 5.91. The van der Waals surface area contributed by atoms with Crippen molar-refractivity contribution in [1.29, 1.82) is 0 Å². The van der Waals surface area contributed by atoms with Crippen LogP contribution in [0.3, 0.4) is 0 Å². The first kappa shape index (κ1) is 19.0. The molecule has 2 aromatic rings. The number of carbonyl (C=O) groups is 1. The Balaban J connectivity index is 1.72. The van der Waals surface area contributed by atoms with E-state index < -0.39 is 0 Å². The second kappa shape index (κ2) is 8.28. The van der Waals surface area contributed by atoms with Gasteiger partial charge >= 0.3 is 0 Å². The second-order valence-corrected chi connectivity index (χ2v) is 7.16. The van der Waals surface area contributed by atoms with E-state index in [1.165, 1.54) is 10.9 Å². The lowest BCUT2D eigenvalue weighted by molar-refractivity contribution is 0.0944. The summed E-state index contributed by atoms with van der Waals surface area (Å²) in [6.45, 7) is 7.06. The van der Waals surface area contributed by atoms with Crippen molar-refractivity contribution < 1.29 is 4.79 Å². The Bertz CT molecular complexity index is 846. The smallest absolute Gasteiger partial charge is 0.271 e. The molecule has 1 aliphatic rings. The van der Waals surface area contributed by atoms with Gasteiger partial charge in [-0.25, -0.2) is 9.67 Å². The first-order valence-corrected chi connectivity index (χ1v) is 9.39. The molecule has 3 rings (SSSR count). The molecule has 8 heteroatoms. The van der Waals surface area contributed by atoms with Gasteiger partial charge in [0.05, 0.1) is 17.9 Å². The maximum Gasteiger partial charge on any atom is 0.271 e. The molecule has 2 aromatic heterocycles. The lowest BCUT2D eigenvalue weighted by atomic mass is 10.0. The van der Waals surface area contributed by atoms with Crippen molar-refractivity contribution in [2.24, 2.45) is 0 Å². The fraction of sp³-hybridized carbons (Fsp3) is 0.526. The van der Waals surface area contributed by atoms with E-state index in [1.807, 2.05) is 20.8 Å². The number of nitrogens with one attached hydrogen (secondary N) is 1. The third-order valence-electron chi connectivity index (χ3n) is 4.73. The normalized spacial score (nSPS) is 17.2. The molecule has 0 spiro atoms. The van der Waals surface area contributed by atoms with Crippen LogP contribution in [0, 0.1) is 6.92 Å². The van der Waals surface area contributed by atoms with Crippen LogP contribution >= 0.6 is 0 Å². The van der Waals surface area contributed by atoms with E-state index in [9.17, 15) is 9.59 Å². The quantitative estimate of drug-likeness (QED) is 0.861. The second-order valence-electron chi connectivity index (χ2n) is 7.16. The summed E-state index contributed by atoms with van der Waals surface area (Å²) in [4.78, 5) is 34.7. The Labute approximate surface area is 158 Å². The molecule has 0 aromatic carbocycles. The fourth-order valence-corrected chi connectivity index (χ4v) is 3.26. The van der Waals surface area contributed by atoms with Crippen molar-refractivity contribution in [3.05, 3.63) is 46.3 Å². The van der Waals surface area contributed by atoms with Crippen LogP contribution in [-0.4, -0.2) is 44.8 Å². The number of amides is 1. The minimum Gasteiger partial charge on any atom is -0.350 e. The Morgan fingerprint density at radius 3 is 2.78 bits per heavy atom. The lowest BCUT2D eigenvalue weighted by Crippen LogP contribution is -2.47. The van der Waals surface area contributed by atoms with Gasteiger partial charge < -0.3 is 10.2 Å². The van der Waals surface area contributed by atoms with Crippen molar-refractivity contribution in [2.75, 3.05) is 18.0 Å². The molecule has 1 saturated heterocycles. The van der Waals surface area contributed by atoms with Gasteiger partial charge in [0, 0.05) is 31.4 Å². The summed E-state index contributed by atoms with van der Waals surface area (Å²) in [6.07, 6.45) is 6.20. The highest BCUT2D eigenvalue weighted by Crippen LogP contribution is 2.22. The molecule has 1 aliphatic heterocycles. The zero-order chi connectivity index (χ0) is 19.4. The number of carbonyl (C=O) groups excluding carboxylic acids is 1. The number of anilines is 1. The number of nitrogens with zero attached hydrogens (tertiary/aromatic N) is 5. The molecule has 0 radical (unpaired) electrons. The predicted molar refractivity (Wildman–Crippen MR) is 103 cm³/mol. The monoisotopic (exact) mass is 370 g/mol. The van der Waals surface area contributed by atoms with Crippen LogP contribution in [0.15, 0.2) is 29.3 Å². The number of hydrogen-bond acceptors (Lipinski definition) is 6. The minimum absolute atomic E-state index is 0.000468. The van der Waals surface area contributed by atoms with Crippen molar-refractivity contribution in [2.45, 2.75) is 52.1 Å². The summed E-state index contributed by atoms with van der Waals surface area (Å²) in [5, 5.41) is 7.49. The van der Waals surface area contributed by atoms with Crippen molar-refractivity contribution in [3.63, 3.8) is 0 Å². The number of aryl methyl sites for hydroxylation is 1. The molecule has 1 unspecified atom stereocenters. The van der Waals surface area contributed by atoms with Gasteiger partial charge in [-0.3, -0.25) is 14.6 Å². The SMILES string of the molecule is Cc1cnc(C(=O)NCC2CCCCN2c2ccc(=O)n(C(C)C)n2)cn1.